The number of hydrogen-bond acceptors (Lipinski definition) is 4. The standard InChI is InChI=1S/C9H12BrNO2S/c1-4-5(2)7-6(8(12)13-3)11-9(10)14-7/h5H,4H2,1-3H3. The Bertz CT molecular complexity index is 338. The number of carbonyl (C=O) groups excluding carboxylic acids is 1. The van der Waals surface area contributed by atoms with Crippen LogP contribution in [0.1, 0.15) is 41.6 Å². The van der Waals surface area contributed by atoms with Gasteiger partial charge in [-0.05, 0) is 28.3 Å². The van der Waals surface area contributed by atoms with E-state index in [9.17, 15) is 4.79 Å². The van der Waals surface area contributed by atoms with Gasteiger partial charge in [0.1, 0.15) is 0 Å². The Morgan fingerprint density at radius 3 is 2.86 bits per heavy atom. The van der Waals surface area contributed by atoms with E-state index in [4.69, 9.17) is 0 Å². The second kappa shape index (κ2) is 4.89. The van der Waals surface area contributed by atoms with Crippen LogP contribution in [0.3, 0.4) is 0 Å². The molecule has 0 aromatic carbocycles. The largest absolute Gasteiger partial charge is 0.464 e. The van der Waals surface area contributed by atoms with E-state index in [0.29, 0.717) is 11.6 Å². The smallest absolute Gasteiger partial charge is 0.357 e. The Hall–Kier alpha value is -0.420. The molecule has 0 aliphatic heterocycles. The summed E-state index contributed by atoms with van der Waals surface area (Å²) in [7, 11) is 1.37. The number of thiazole rings is 1. The van der Waals surface area contributed by atoms with E-state index < -0.39 is 0 Å². The van der Waals surface area contributed by atoms with Crippen LogP contribution in [0.15, 0.2) is 3.92 Å². The quantitative estimate of drug-likeness (QED) is 0.797. The second-order valence-corrected chi connectivity index (χ2v) is 5.29. The van der Waals surface area contributed by atoms with E-state index in [1.807, 2.05) is 0 Å². The lowest BCUT2D eigenvalue weighted by atomic mass is 10.1. The first-order valence-electron chi connectivity index (χ1n) is 4.34. The molecule has 0 radical (unpaired) electrons. The molecule has 1 aromatic rings. The van der Waals surface area contributed by atoms with Crippen molar-refractivity contribution in [2.75, 3.05) is 7.11 Å². The van der Waals surface area contributed by atoms with Crippen molar-refractivity contribution in [2.45, 2.75) is 26.2 Å². The van der Waals surface area contributed by atoms with Gasteiger partial charge in [-0.2, -0.15) is 0 Å². The highest BCUT2D eigenvalue weighted by molar-refractivity contribution is 9.11. The topological polar surface area (TPSA) is 39.2 Å². The molecule has 0 saturated heterocycles. The maximum absolute atomic E-state index is 11.4. The minimum atomic E-state index is -0.359. The Morgan fingerprint density at radius 1 is 1.71 bits per heavy atom. The summed E-state index contributed by atoms with van der Waals surface area (Å²) in [6, 6.07) is 0. The van der Waals surface area contributed by atoms with Crippen LogP contribution in [-0.4, -0.2) is 18.1 Å². The zero-order valence-corrected chi connectivity index (χ0v) is 10.7. The van der Waals surface area contributed by atoms with Gasteiger partial charge in [0.05, 0.1) is 7.11 Å². The lowest BCUT2D eigenvalue weighted by Crippen LogP contribution is -2.06. The molecule has 1 aromatic heterocycles. The molecule has 78 valence electrons. The fraction of sp³-hybridized carbons (Fsp3) is 0.556. The van der Waals surface area contributed by atoms with E-state index in [-0.39, 0.29) is 5.97 Å². The molecule has 1 unspecified atom stereocenters. The fourth-order valence-electron chi connectivity index (χ4n) is 1.07. The summed E-state index contributed by atoms with van der Waals surface area (Å²) in [6.45, 7) is 4.16. The zero-order valence-electron chi connectivity index (χ0n) is 8.33. The van der Waals surface area contributed by atoms with Crippen LogP contribution < -0.4 is 0 Å². The van der Waals surface area contributed by atoms with Crippen LogP contribution in [-0.2, 0) is 4.74 Å². The molecule has 1 heterocycles. The maximum Gasteiger partial charge on any atom is 0.357 e. The van der Waals surface area contributed by atoms with Gasteiger partial charge in [0.15, 0.2) is 9.61 Å². The van der Waals surface area contributed by atoms with Gasteiger partial charge in [-0.15, -0.1) is 11.3 Å². The van der Waals surface area contributed by atoms with Crippen molar-refractivity contribution in [3.63, 3.8) is 0 Å². The van der Waals surface area contributed by atoms with Crippen molar-refractivity contribution in [3.8, 4) is 0 Å². The molecule has 1 rings (SSSR count). The van der Waals surface area contributed by atoms with Crippen LogP contribution in [0.2, 0.25) is 0 Å². The molecule has 14 heavy (non-hydrogen) atoms. The Kier molecular flexibility index (Phi) is 4.07. The Balaban J connectivity index is 3.08. The molecular formula is C9H12BrNO2S. The average Bonchev–Trinajstić information content (AvgIpc) is 2.58. The normalized spacial score (nSPS) is 12.6. The first-order chi connectivity index (χ1) is 6.60. The lowest BCUT2D eigenvalue weighted by molar-refractivity contribution is 0.0593. The van der Waals surface area contributed by atoms with Crippen molar-refractivity contribution in [3.05, 3.63) is 14.5 Å². The highest BCUT2D eigenvalue weighted by atomic mass is 79.9. The number of nitrogens with zero attached hydrogens (tertiary/aromatic N) is 1. The average molecular weight is 278 g/mol. The SMILES string of the molecule is CCC(C)c1sc(Br)nc1C(=O)OC. The molecule has 0 spiro atoms. The monoisotopic (exact) mass is 277 g/mol. The number of rotatable bonds is 3. The lowest BCUT2D eigenvalue weighted by Gasteiger charge is -2.06. The molecule has 0 saturated carbocycles. The van der Waals surface area contributed by atoms with E-state index in [2.05, 4.69) is 39.5 Å². The van der Waals surface area contributed by atoms with E-state index in [1.165, 1.54) is 18.4 Å². The zero-order chi connectivity index (χ0) is 10.7. The third-order valence-electron chi connectivity index (χ3n) is 2.07. The molecule has 5 heteroatoms. The predicted octanol–water partition coefficient (Wildman–Crippen LogP) is 3.21. The summed E-state index contributed by atoms with van der Waals surface area (Å²) >= 11 is 4.77. The first kappa shape index (κ1) is 11.7. The first-order valence-corrected chi connectivity index (χ1v) is 5.95. The molecule has 0 fully saturated rings. The van der Waals surface area contributed by atoms with Gasteiger partial charge < -0.3 is 4.74 Å². The number of carbonyl (C=O) groups is 1. The predicted molar refractivity (Wildman–Crippen MR) is 59.9 cm³/mol. The van der Waals surface area contributed by atoms with Crippen LogP contribution in [0, 0.1) is 0 Å². The van der Waals surface area contributed by atoms with Gasteiger partial charge in [-0.3, -0.25) is 0 Å². The van der Waals surface area contributed by atoms with Gasteiger partial charge in [0.25, 0.3) is 0 Å². The number of methoxy groups -OCH3 is 1. The molecule has 1 atom stereocenters. The van der Waals surface area contributed by atoms with Crippen molar-refractivity contribution in [1.82, 2.24) is 4.98 Å². The van der Waals surface area contributed by atoms with Crippen molar-refractivity contribution in [1.29, 1.82) is 0 Å². The summed E-state index contributed by atoms with van der Waals surface area (Å²) in [5, 5.41) is 0. The van der Waals surface area contributed by atoms with Crippen LogP contribution in [0.25, 0.3) is 0 Å². The molecule has 0 N–H and O–H groups in total. The van der Waals surface area contributed by atoms with Gasteiger partial charge in [0.2, 0.25) is 0 Å². The third kappa shape index (κ3) is 2.33. The minimum Gasteiger partial charge on any atom is -0.464 e. The van der Waals surface area contributed by atoms with Crippen LogP contribution in [0.5, 0.6) is 0 Å². The molecule has 0 bridgehead atoms. The number of ether oxygens (including phenoxy) is 1. The van der Waals surface area contributed by atoms with E-state index in [0.717, 1.165) is 15.2 Å². The molecule has 3 nitrogen and oxygen atoms in total. The van der Waals surface area contributed by atoms with Gasteiger partial charge in [-0.25, -0.2) is 9.78 Å². The highest BCUT2D eigenvalue weighted by Gasteiger charge is 2.21. The summed E-state index contributed by atoms with van der Waals surface area (Å²) in [6.07, 6.45) is 0.985. The number of hydrogen-bond donors (Lipinski definition) is 0. The molecule has 0 amide bonds. The Labute approximate surface area is 95.6 Å². The van der Waals surface area contributed by atoms with E-state index in [1.54, 1.807) is 0 Å². The molecule has 0 aliphatic carbocycles. The summed E-state index contributed by atoms with van der Waals surface area (Å²) in [5.41, 5.74) is 0.443. The van der Waals surface area contributed by atoms with E-state index >= 15 is 0 Å². The van der Waals surface area contributed by atoms with Gasteiger partial charge >= 0.3 is 5.97 Å². The van der Waals surface area contributed by atoms with Crippen molar-refractivity contribution in [2.24, 2.45) is 0 Å². The Morgan fingerprint density at radius 2 is 2.36 bits per heavy atom. The fourth-order valence-corrected chi connectivity index (χ4v) is 2.68. The number of aromatic nitrogens is 1. The number of halogens is 1. The summed E-state index contributed by atoms with van der Waals surface area (Å²) in [4.78, 5) is 16.5. The number of esters is 1. The van der Waals surface area contributed by atoms with Gasteiger partial charge in [0, 0.05) is 4.88 Å². The van der Waals surface area contributed by atoms with Crippen LogP contribution >= 0.6 is 27.3 Å². The van der Waals surface area contributed by atoms with Crippen molar-refractivity contribution < 1.29 is 9.53 Å². The molecule has 0 aliphatic rings. The summed E-state index contributed by atoms with van der Waals surface area (Å²) < 4.78 is 5.40. The highest BCUT2D eigenvalue weighted by Crippen LogP contribution is 2.31. The van der Waals surface area contributed by atoms with Crippen molar-refractivity contribution >= 4 is 33.2 Å². The second-order valence-electron chi connectivity index (χ2n) is 2.98. The summed E-state index contributed by atoms with van der Waals surface area (Å²) in [5.74, 6) is -0.0184. The maximum atomic E-state index is 11.4. The van der Waals surface area contributed by atoms with Gasteiger partial charge in [-0.1, -0.05) is 13.8 Å². The minimum absolute atomic E-state index is 0.341. The molecular weight excluding hydrogens is 266 g/mol. The van der Waals surface area contributed by atoms with Crippen LogP contribution in [0.4, 0.5) is 0 Å². The third-order valence-corrected chi connectivity index (χ3v) is 3.80.